The lowest BCUT2D eigenvalue weighted by molar-refractivity contribution is 0.0151. The molecule has 0 bridgehead atoms. The minimum Gasteiger partial charge on any atom is -0.444 e. The predicted octanol–water partition coefficient (Wildman–Crippen LogP) is 4.28. The Kier molecular flexibility index (Phi) is 4.90. The number of halogens is 1. The molecule has 0 radical (unpaired) electrons. The average Bonchev–Trinajstić information content (AvgIpc) is 2.39. The zero-order valence-electron chi connectivity index (χ0n) is 13.7. The monoisotopic (exact) mass is 324 g/mol. The zero-order chi connectivity index (χ0) is 16.5. The molecule has 1 aliphatic heterocycles. The van der Waals surface area contributed by atoms with E-state index in [1.807, 2.05) is 39.0 Å². The molecule has 0 saturated carbocycles. The summed E-state index contributed by atoms with van der Waals surface area (Å²) in [6, 6.07) is 5.73. The topological polar surface area (TPSA) is 55.6 Å². The number of piperidine rings is 1. The van der Waals surface area contributed by atoms with E-state index in [2.05, 4.69) is 6.92 Å². The Balaban J connectivity index is 2.13. The van der Waals surface area contributed by atoms with Crippen molar-refractivity contribution in [3.05, 3.63) is 28.8 Å². The molecule has 1 saturated heterocycles. The molecule has 2 rings (SSSR count). The molecule has 1 heterocycles. The van der Waals surface area contributed by atoms with Gasteiger partial charge in [-0.25, -0.2) is 4.79 Å². The summed E-state index contributed by atoms with van der Waals surface area (Å²) < 4.78 is 5.49. The Morgan fingerprint density at radius 1 is 1.36 bits per heavy atom. The molecule has 0 aromatic heterocycles. The van der Waals surface area contributed by atoms with Gasteiger partial charge in [0.05, 0.1) is 10.7 Å². The van der Waals surface area contributed by atoms with Gasteiger partial charge in [0.25, 0.3) is 0 Å². The molecular weight excluding hydrogens is 300 g/mol. The summed E-state index contributed by atoms with van der Waals surface area (Å²) in [4.78, 5) is 14.1. The van der Waals surface area contributed by atoms with E-state index in [1.54, 1.807) is 4.90 Å². The van der Waals surface area contributed by atoms with Gasteiger partial charge in [0, 0.05) is 19.0 Å². The molecule has 1 amide bonds. The zero-order valence-corrected chi connectivity index (χ0v) is 14.5. The highest BCUT2D eigenvalue weighted by molar-refractivity contribution is 6.33. The van der Waals surface area contributed by atoms with Crippen LogP contribution in [0.4, 0.5) is 10.5 Å². The number of nitrogens with two attached hydrogens (primary N) is 1. The van der Waals surface area contributed by atoms with E-state index >= 15 is 0 Å². The summed E-state index contributed by atoms with van der Waals surface area (Å²) in [7, 11) is 0. The van der Waals surface area contributed by atoms with Crippen LogP contribution in [-0.2, 0) is 4.74 Å². The maximum atomic E-state index is 12.3. The number of carbonyl (C=O) groups is 1. The molecule has 2 N–H and O–H groups in total. The van der Waals surface area contributed by atoms with Crippen molar-refractivity contribution in [3.8, 4) is 0 Å². The van der Waals surface area contributed by atoms with Crippen LogP contribution in [0.1, 0.15) is 45.6 Å². The first kappa shape index (κ1) is 16.9. The van der Waals surface area contributed by atoms with E-state index in [1.165, 1.54) is 0 Å². The fraction of sp³-hybridized carbons (Fsp3) is 0.588. The minimum absolute atomic E-state index is 0.244. The highest BCUT2D eigenvalue weighted by Crippen LogP contribution is 2.33. The van der Waals surface area contributed by atoms with Gasteiger partial charge in [0.1, 0.15) is 5.60 Å². The molecule has 5 heteroatoms. The second kappa shape index (κ2) is 6.37. The SMILES string of the molecule is CC1C[C@H](c2ccc(Cl)c(N)c2)CN(C(=O)OC(C)(C)C)C1. The number of ether oxygens (including phenoxy) is 1. The van der Waals surface area contributed by atoms with E-state index in [0.717, 1.165) is 18.5 Å². The summed E-state index contributed by atoms with van der Waals surface area (Å²) in [5.74, 6) is 0.680. The highest BCUT2D eigenvalue weighted by atomic mass is 35.5. The third-order valence-corrected chi connectivity index (χ3v) is 4.15. The smallest absolute Gasteiger partial charge is 0.410 e. The number of likely N-dealkylation sites (tertiary alicyclic amines) is 1. The van der Waals surface area contributed by atoms with Crippen molar-refractivity contribution < 1.29 is 9.53 Å². The van der Waals surface area contributed by atoms with Crippen molar-refractivity contribution in [2.75, 3.05) is 18.8 Å². The van der Waals surface area contributed by atoms with Gasteiger partial charge in [-0.05, 0) is 50.8 Å². The van der Waals surface area contributed by atoms with Crippen molar-refractivity contribution in [1.82, 2.24) is 4.90 Å². The van der Waals surface area contributed by atoms with Crippen molar-refractivity contribution >= 4 is 23.4 Å². The Morgan fingerprint density at radius 2 is 2.05 bits per heavy atom. The van der Waals surface area contributed by atoms with Gasteiger partial charge in [0.2, 0.25) is 0 Å². The molecule has 1 aromatic rings. The van der Waals surface area contributed by atoms with Gasteiger partial charge >= 0.3 is 6.09 Å². The maximum Gasteiger partial charge on any atom is 0.410 e. The van der Waals surface area contributed by atoms with Crippen LogP contribution >= 0.6 is 11.6 Å². The molecule has 22 heavy (non-hydrogen) atoms. The quantitative estimate of drug-likeness (QED) is 0.784. The first-order valence-electron chi connectivity index (χ1n) is 7.68. The molecule has 1 unspecified atom stereocenters. The fourth-order valence-corrected chi connectivity index (χ4v) is 3.00. The van der Waals surface area contributed by atoms with E-state index in [9.17, 15) is 4.79 Å². The first-order valence-corrected chi connectivity index (χ1v) is 8.06. The van der Waals surface area contributed by atoms with E-state index in [0.29, 0.717) is 23.2 Å². The van der Waals surface area contributed by atoms with E-state index in [4.69, 9.17) is 22.1 Å². The molecule has 0 aliphatic carbocycles. The number of carbonyl (C=O) groups excluding carboxylic acids is 1. The fourth-order valence-electron chi connectivity index (χ4n) is 2.88. The van der Waals surface area contributed by atoms with E-state index in [-0.39, 0.29) is 12.0 Å². The number of rotatable bonds is 1. The van der Waals surface area contributed by atoms with Crippen LogP contribution in [0.2, 0.25) is 5.02 Å². The summed E-state index contributed by atoms with van der Waals surface area (Å²) in [6.07, 6.45) is 0.784. The van der Waals surface area contributed by atoms with Crippen LogP contribution in [0, 0.1) is 5.92 Å². The number of anilines is 1. The number of benzene rings is 1. The molecular formula is C17H25ClN2O2. The van der Waals surface area contributed by atoms with Crippen LogP contribution < -0.4 is 5.73 Å². The summed E-state index contributed by atoms with van der Waals surface area (Å²) in [5.41, 5.74) is 7.14. The lowest BCUT2D eigenvalue weighted by Crippen LogP contribution is -2.44. The normalized spacial score (nSPS) is 22.5. The number of nitrogen functional groups attached to an aromatic ring is 1. The van der Waals surface area contributed by atoms with Crippen LogP contribution in [0.3, 0.4) is 0 Å². The van der Waals surface area contributed by atoms with Crippen LogP contribution in [0.15, 0.2) is 18.2 Å². The van der Waals surface area contributed by atoms with Crippen LogP contribution in [0.25, 0.3) is 0 Å². The highest BCUT2D eigenvalue weighted by Gasteiger charge is 2.31. The summed E-state index contributed by atoms with van der Waals surface area (Å²) in [5, 5.41) is 0.566. The number of amides is 1. The standard InChI is InChI=1S/C17H25ClN2O2/c1-11-7-13(12-5-6-14(18)15(19)8-12)10-20(9-11)16(21)22-17(2,3)4/h5-6,8,11,13H,7,9-10,19H2,1-4H3/t11?,13-/m0/s1. The van der Waals surface area contributed by atoms with Crippen LogP contribution in [-0.4, -0.2) is 29.7 Å². The second-order valence-corrected chi connectivity index (χ2v) is 7.61. The lowest BCUT2D eigenvalue weighted by Gasteiger charge is -2.37. The second-order valence-electron chi connectivity index (χ2n) is 7.20. The van der Waals surface area contributed by atoms with E-state index < -0.39 is 5.60 Å². The number of hydrogen-bond donors (Lipinski definition) is 1. The molecule has 1 fully saturated rings. The largest absolute Gasteiger partial charge is 0.444 e. The number of hydrogen-bond acceptors (Lipinski definition) is 3. The Labute approximate surface area is 137 Å². The molecule has 122 valence electrons. The van der Waals surface area contributed by atoms with Crippen molar-refractivity contribution in [2.45, 2.75) is 45.6 Å². The molecule has 1 aliphatic rings. The van der Waals surface area contributed by atoms with Gasteiger partial charge < -0.3 is 15.4 Å². The number of nitrogens with zero attached hydrogens (tertiary/aromatic N) is 1. The minimum atomic E-state index is -0.474. The van der Waals surface area contributed by atoms with Gasteiger partial charge in [-0.2, -0.15) is 0 Å². The Hall–Kier alpha value is -1.42. The van der Waals surface area contributed by atoms with Gasteiger partial charge in [0.15, 0.2) is 0 Å². The predicted molar refractivity (Wildman–Crippen MR) is 90.2 cm³/mol. The molecule has 2 atom stereocenters. The molecule has 1 aromatic carbocycles. The summed E-state index contributed by atoms with van der Waals surface area (Å²) in [6.45, 7) is 9.19. The Morgan fingerprint density at radius 3 is 2.64 bits per heavy atom. The lowest BCUT2D eigenvalue weighted by atomic mass is 9.85. The van der Waals surface area contributed by atoms with Crippen molar-refractivity contribution in [3.63, 3.8) is 0 Å². The van der Waals surface area contributed by atoms with Gasteiger partial charge in [-0.1, -0.05) is 24.6 Å². The van der Waals surface area contributed by atoms with Crippen LogP contribution in [0.5, 0.6) is 0 Å². The molecule has 4 nitrogen and oxygen atoms in total. The van der Waals surface area contributed by atoms with Crippen molar-refractivity contribution in [2.24, 2.45) is 5.92 Å². The maximum absolute atomic E-state index is 12.3. The Bertz CT molecular complexity index is 554. The third-order valence-electron chi connectivity index (χ3n) is 3.80. The third kappa shape index (κ3) is 4.29. The molecule has 0 spiro atoms. The summed E-state index contributed by atoms with van der Waals surface area (Å²) >= 11 is 5.99. The average molecular weight is 325 g/mol. The first-order chi connectivity index (χ1) is 10.2. The van der Waals surface area contributed by atoms with Crippen molar-refractivity contribution in [1.29, 1.82) is 0 Å². The van der Waals surface area contributed by atoms with Gasteiger partial charge in [-0.3, -0.25) is 0 Å². The van der Waals surface area contributed by atoms with Gasteiger partial charge in [-0.15, -0.1) is 0 Å².